The summed E-state index contributed by atoms with van der Waals surface area (Å²) in [6.07, 6.45) is 1.56. The molecule has 3 heteroatoms. The summed E-state index contributed by atoms with van der Waals surface area (Å²) in [7, 11) is 0. The number of carbonyl (C=O) groups is 1. The second kappa shape index (κ2) is 7.93. The molecule has 0 aromatic heterocycles. The molecule has 3 atom stereocenters. The molecular formula is C20H25NO2. The van der Waals surface area contributed by atoms with Gasteiger partial charge in [0.25, 0.3) is 0 Å². The van der Waals surface area contributed by atoms with Crippen LogP contribution in [0.1, 0.15) is 30.9 Å². The summed E-state index contributed by atoms with van der Waals surface area (Å²) in [5.74, 6) is 0.438. The Balaban J connectivity index is 0.00000192. The normalized spacial score (nSPS) is 20.2. The molecule has 1 fully saturated rings. The van der Waals surface area contributed by atoms with Gasteiger partial charge >= 0.3 is 0 Å². The summed E-state index contributed by atoms with van der Waals surface area (Å²) in [6, 6.07) is 19.9. The number of aliphatic hydroxyl groups is 1. The third kappa shape index (κ3) is 4.42. The summed E-state index contributed by atoms with van der Waals surface area (Å²) in [6.45, 7) is -0.0383. The summed E-state index contributed by atoms with van der Waals surface area (Å²) in [4.78, 5) is 12.3. The molecule has 1 aliphatic rings. The Morgan fingerprint density at radius 1 is 1.09 bits per heavy atom. The molecule has 23 heavy (non-hydrogen) atoms. The molecule has 2 aromatic rings. The minimum atomic E-state index is -0.216. The highest BCUT2D eigenvalue weighted by atomic mass is 16.3. The number of aliphatic hydroxyl groups excluding tert-OH is 1. The quantitative estimate of drug-likeness (QED) is 0.861. The second-order valence-electron chi connectivity index (χ2n) is 5.94. The summed E-state index contributed by atoms with van der Waals surface area (Å²) >= 11 is 0. The molecule has 0 aliphatic heterocycles. The first-order valence-corrected chi connectivity index (χ1v) is 7.78. The maximum atomic E-state index is 12.3. The van der Waals surface area contributed by atoms with Crippen molar-refractivity contribution in [1.82, 2.24) is 5.32 Å². The first kappa shape index (κ1) is 17.2. The van der Waals surface area contributed by atoms with Crippen LogP contribution in [0.3, 0.4) is 0 Å². The van der Waals surface area contributed by atoms with E-state index in [1.807, 2.05) is 48.5 Å². The van der Waals surface area contributed by atoms with E-state index in [1.165, 1.54) is 5.56 Å². The maximum Gasteiger partial charge on any atom is 0.224 e. The van der Waals surface area contributed by atoms with Crippen LogP contribution in [0.5, 0.6) is 0 Å². The third-order valence-electron chi connectivity index (χ3n) is 4.25. The van der Waals surface area contributed by atoms with Crippen molar-refractivity contribution in [3.8, 4) is 0 Å². The number of rotatable bonds is 6. The molecule has 0 saturated heterocycles. The minimum Gasteiger partial charge on any atom is -0.394 e. The first-order valence-electron chi connectivity index (χ1n) is 7.78. The Labute approximate surface area is 138 Å². The molecule has 2 aromatic carbocycles. The monoisotopic (exact) mass is 311 g/mol. The standard InChI is InChI=1S/C19H21NO2.CH4/c21-13-16(11-14-7-3-1-4-8-14)20-19(22)18-12-17(18)15-9-5-2-6-10-15;/h1-10,16-18,21H,11-13H2,(H,20,22);1H4/t16?,17-,18+;/m0./s1. The van der Waals surface area contributed by atoms with Crippen molar-refractivity contribution in [3.05, 3.63) is 71.8 Å². The average Bonchev–Trinajstić information content (AvgIpc) is 3.37. The van der Waals surface area contributed by atoms with Gasteiger partial charge in [-0.25, -0.2) is 0 Å². The van der Waals surface area contributed by atoms with Crippen molar-refractivity contribution < 1.29 is 9.90 Å². The highest BCUT2D eigenvalue weighted by Gasteiger charge is 2.44. The van der Waals surface area contributed by atoms with Gasteiger partial charge < -0.3 is 10.4 Å². The molecule has 122 valence electrons. The SMILES string of the molecule is C.O=C(NC(CO)Cc1ccccc1)[C@@H]1C[C@H]1c1ccccc1. The van der Waals surface area contributed by atoms with Gasteiger partial charge in [-0.05, 0) is 29.9 Å². The van der Waals surface area contributed by atoms with Gasteiger partial charge in [0.05, 0.1) is 12.6 Å². The van der Waals surface area contributed by atoms with Crippen LogP contribution in [0.2, 0.25) is 0 Å². The lowest BCUT2D eigenvalue weighted by atomic mass is 10.1. The van der Waals surface area contributed by atoms with E-state index in [0.29, 0.717) is 12.3 Å². The Bertz CT molecular complexity index is 612. The lowest BCUT2D eigenvalue weighted by Crippen LogP contribution is -2.40. The molecular weight excluding hydrogens is 286 g/mol. The maximum absolute atomic E-state index is 12.3. The van der Waals surface area contributed by atoms with Crippen LogP contribution in [-0.2, 0) is 11.2 Å². The summed E-state index contributed by atoms with van der Waals surface area (Å²) in [5.41, 5.74) is 2.35. The van der Waals surface area contributed by atoms with Crippen molar-refractivity contribution in [2.24, 2.45) is 5.92 Å². The number of hydrogen-bond acceptors (Lipinski definition) is 2. The fourth-order valence-electron chi connectivity index (χ4n) is 2.92. The van der Waals surface area contributed by atoms with Gasteiger partial charge in [-0.3, -0.25) is 4.79 Å². The van der Waals surface area contributed by atoms with Gasteiger partial charge in [-0.15, -0.1) is 0 Å². The van der Waals surface area contributed by atoms with E-state index in [2.05, 4.69) is 17.4 Å². The number of hydrogen-bond donors (Lipinski definition) is 2. The Morgan fingerprint density at radius 3 is 2.30 bits per heavy atom. The van der Waals surface area contributed by atoms with Crippen LogP contribution in [0.25, 0.3) is 0 Å². The molecule has 0 heterocycles. The Morgan fingerprint density at radius 2 is 1.70 bits per heavy atom. The molecule has 0 spiro atoms. The molecule has 2 N–H and O–H groups in total. The van der Waals surface area contributed by atoms with Crippen LogP contribution in [-0.4, -0.2) is 23.7 Å². The van der Waals surface area contributed by atoms with Crippen molar-refractivity contribution in [2.45, 2.75) is 32.2 Å². The van der Waals surface area contributed by atoms with Crippen LogP contribution in [0, 0.1) is 5.92 Å². The van der Waals surface area contributed by atoms with E-state index in [4.69, 9.17) is 0 Å². The smallest absolute Gasteiger partial charge is 0.224 e. The molecule has 1 amide bonds. The van der Waals surface area contributed by atoms with Gasteiger partial charge in [-0.1, -0.05) is 68.1 Å². The molecule has 0 radical (unpaired) electrons. The fraction of sp³-hybridized carbons (Fsp3) is 0.350. The van der Waals surface area contributed by atoms with Crippen LogP contribution in [0.15, 0.2) is 60.7 Å². The fourth-order valence-corrected chi connectivity index (χ4v) is 2.92. The van der Waals surface area contributed by atoms with Crippen molar-refractivity contribution in [2.75, 3.05) is 6.61 Å². The molecule has 0 bridgehead atoms. The van der Waals surface area contributed by atoms with E-state index in [1.54, 1.807) is 0 Å². The molecule has 1 saturated carbocycles. The third-order valence-corrected chi connectivity index (χ3v) is 4.25. The van der Waals surface area contributed by atoms with E-state index < -0.39 is 0 Å². The number of amides is 1. The van der Waals surface area contributed by atoms with Crippen LogP contribution >= 0.6 is 0 Å². The van der Waals surface area contributed by atoms with E-state index in [0.717, 1.165) is 12.0 Å². The van der Waals surface area contributed by atoms with Gasteiger partial charge in [0.2, 0.25) is 5.91 Å². The van der Waals surface area contributed by atoms with Gasteiger partial charge in [0.1, 0.15) is 0 Å². The molecule has 3 rings (SSSR count). The van der Waals surface area contributed by atoms with Gasteiger partial charge in [0, 0.05) is 5.92 Å². The van der Waals surface area contributed by atoms with Crippen molar-refractivity contribution >= 4 is 5.91 Å². The lowest BCUT2D eigenvalue weighted by molar-refractivity contribution is -0.123. The van der Waals surface area contributed by atoms with Gasteiger partial charge in [0.15, 0.2) is 0 Å². The highest BCUT2D eigenvalue weighted by Crippen LogP contribution is 2.47. The minimum absolute atomic E-state index is 0. The zero-order chi connectivity index (χ0) is 15.4. The Hall–Kier alpha value is -2.13. The molecule has 1 unspecified atom stereocenters. The number of carbonyl (C=O) groups excluding carboxylic acids is 1. The van der Waals surface area contributed by atoms with Crippen LogP contribution < -0.4 is 5.32 Å². The van der Waals surface area contributed by atoms with Crippen molar-refractivity contribution in [3.63, 3.8) is 0 Å². The first-order chi connectivity index (χ1) is 10.8. The van der Waals surface area contributed by atoms with E-state index in [-0.39, 0.29) is 31.9 Å². The Kier molecular flexibility index (Phi) is 5.94. The largest absolute Gasteiger partial charge is 0.394 e. The zero-order valence-electron chi connectivity index (χ0n) is 12.5. The predicted molar refractivity (Wildman–Crippen MR) is 93.2 cm³/mol. The summed E-state index contributed by atoms with van der Waals surface area (Å²) < 4.78 is 0. The highest BCUT2D eigenvalue weighted by molar-refractivity contribution is 5.83. The van der Waals surface area contributed by atoms with Crippen molar-refractivity contribution in [1.29, 1.82) is 0 Å². The zero-order valence-corrected chi connectivity index (χ0v) is 12.5. The molecule has 1 aliphatic carbocycles. The average molecular weight is 311 g/mol. The van der Waals surface area contributed by atoms with Crippen LogP contribution in [0.4, 0.5) is 0 Å². The second-order valence-corrected chi connectivity index (χ2v) is 5.94. The topological polar surface area (TPSA) is 49.3 Å². The number of benzene rings is 2. The lowest BCUT2D eigenvalue weighted by Gasteiger charge is -2.16. The van der Waals surface area contributed by atoms with E-state index >= 15 is 0 Å². The predicted octanol–water partition coefficient (Wildman–Crippen LogP) is 3.15. The van der Waals surface area contributed by atoms with E-state index in [9.17, 15) is 9.90 Å². The number of nitrogens with one attached hydrogen (secondary N) is 1. The van der Waals surface area contributed by atoms with Gasteiger partial charge in [-0.2, -0.15) is 0 Å². The summed E-state index contributed by atoms with van der Waals surface area (Å²) in [5, 5.41) is 12.5. The molecule has 3 nitrogen and oxygen atoms in total.